The molecule has 0 radical (unpaired) electrons. The normalized spacial score (nSPS) is 10.3. The Morgan fingerprint density at radius 3 is 2.42 bits per heavy atom. The molecule has 0 aliphatic rings. The van der Waals surface area contributed by atoms with Gasteiger partial charge in [-0.25, -0.2) is 4.39 Å². The lowest BCUT2D eigenvalue weighted by molar-refractivity contribution is 0.103. The summed E-state index contributed by atoms with van der Waals surface area (Å²) in [7, 11) is 1.58. The molecule has 3 heteroatoms. The molecular formula is C16H15FO2. The lowest BCUT2D eigenvalue weighted by Crippen LogP contribution is -2.05. The first-order chi connectivity index (χ1) is 9.02. The Balaban J connectivity index is 2.44. The van der Waals surface area contributed by atoms with Crippen LogP contribution in [0.5, 0.6) is 5.75 Å². The van der Waals surface area contributed by atoms with Crippen LogP contribution in [0.2, 0.25) is 0 Å². The minimum absolute atomic E-state index is 0.178. The van der Waals surface area contributed by atoms with Gasteiger partial charge in [0.15, 0.2) is 5.78 Å². The number of hydrogen-bond acceptors (Lipinski definition) is 2. The predicted octanol–water partition coefficient (Wildman–Crippen LogP) is 3.68. The summed E-state index contributed by atoms with van der Waals surface area (Å²) in [5.74, 6) is 0.148. The zero-order chi connectivity index (χ0) is 14.0. The van der Waals surface area contributed by atoms with Crippen LogP contribution in [0.4, 0.5) is 4.39 Å². The van der Waals surface area contributed by atoms with E-state index in [1.165, 1.54) is 12.1 Å². The van der Waals surface area contributed by atoms with Crippen LogP contribution in [0.25, 0.3) is 0 Å². The molecule has 0 aliphatic heterocycles. The molecule has 98 valence electrons. The molecule has 2 nitrogen and oxygen atoms in total. The van der Waals surface area contributed by atoms with Crippen molar-refractivity contribution in [3.05, 3.63) is 64.5 Å². The Morgan fingerprint density at radius 2 is 1.79 bits per heavy atom. The van der Waals surface area contributed by atoms with Gasteiger partial charge in [-0.05, 0) is 55.3 Å². The number of halogens is 1. The lowest BCUT2D eigenvalue weighted by atomic mass is 9.97. The maximum absolute atomic E-state index is 13.2. The molecule has 2 rings (SSSR count). The predicted molar refractivity (Wildman–Crippen MR) is 72.3 cm³/mol. The number of carbonyl (C=O) groups excluding carboxylic acids is 1. The molecule has 19 heavy (non-hydrogen) atoms. The fourth-order valence-electron chi connectivity index (χ4n) is 2.01. The second-order valence-corrected chi connectivity index (χ2v) is 4.47. The van der Waals surface area contributed by atoms with Gasteiger partial charge in [0, 0.05) is 11.1 Å². The molecule has 0 saturated carbocycles. The molecule has 2 aromatic carbocycles. The first-order valence-electron chi connectivity index (χ1n) is 5.98. The Kier molecular flexibility index (Phi) is 3.65. The number of ether oxygens (including phenoxy) is 1. The Labute approximate surface area is 111 Å². The SMILES string of the molecule is COc1ccc(C(=O)c2cc(F)ccc2C)cc1C. The van der Waals surface area contributed by atoms with E-state index in [1.54, 1.807) is 38.3 Å². The first-order valence-corrected chi connectivity index (χ1v) is 5.98. The van der Waals surface area contributed by atoms with E-state index in [4.69, 9.17) is 4.74 Å². The van der Waals surface area contributed by atoms with Crippen molar-refractivity contribution >= 4 is 5.78 Å². The summed E-state index contributed by atoms with van der Waals surface area (Å²) in [4.78, 5) is 12.4. The van der Waals surface area contributed by atoms with E-state index in [-0.39, 0.29) is 5.78 Å². The number of rotatable bonds is 3. The maximum Gasteiger partial charge on any atom is 0.193 e. The van der Waals surface area contributed by atoms with Crippen molar-refractivity contribution < 1.29 is 13.9 Å². The van der Waals surface area contributed by atoms with Crippen LogP contribution >= 0.6 is 0 Å². The van der Waals surface area contributed by atoms with Gasteiger partial charge >= 0.3 is 0 Å². The summed E-state index contributed by atoms with van der Waals surface area (Å²) in [6.45, 7) is 3.66. The van der Waals surface area contributed by atoms with Crippen molar-refractivity contribution in [1.82, 2.24) is 0 Å². The van der Waals surface area contributed by atoms with E-state index in [0.29, 0.717) is 11.1 Å². The average molecular weight is 258 g/mol. The van der Waals surface area contributed by atoms with Gasteiger partial charge in [0.05, 0.1) is 7.11 Å². The Bertz CT molecular complexity index is 633. The lowest BCUT2D eigenvalue weighted by Gasteiger charge is -2.08. The smallest absolute Gasteiger partial charge is 0.193 e. The number of carbonyl (C=O) groups is 1. The van der Waals surface area contributed by atoms with E-state index in [1.807, 2.05) is 6.92 Å². The van der Waals surface area contributed by atoms with Crippen molar-refractivity contribution in [2.24, 2.45) is 0 Å². The molecule has 0 aromatic heterocycles. The highest BCUT2D eigenvalue weighted by Crippen LogP contribution is 2.22. The van der Waals surface area contributed by atoms with Crippen LogP contribution in [0.1, 0.15) is 27.0 Å². The van der Waals surface area contributed by atoms with Gasteiger partial charge in [0.2, 0.25) is 0 Å². The van der Waals surface area contributed by atoms with Gasteiger partial charge in [-0.1, -0.05) is 6.07 Å². The van der Waals surface area contributed by atoms with Crippen LogP contribution < -0.4 is 4.74 Å². The van der Waals surface area contributed by atoms with Gasteiger partial charge in [0.1, 0.15) is 11.6 Å². The van der Waals surface area contributed by atoms with Crippen molar-refractivity contribution in [2.45, 2.75) is 13.8 Å². The number of ketones is 1. The molecule has 0 amide bonds. The summed E-state index contributed by atoms with van der Waals surface area (Å²) in [5, 5.41) is 0. The molecule has 0 aliphatic carbocycles. The van der Waals surface area contributed by atoms with Gasteiger partial charge in [-0.15, -0.1) is 0 Å². The second kappa shape index (κ2) is 5.22. The zero-order valence-electron chi connectivity index (χ0n) is 11.2. The van der Waals surface area contributed by atoms with Crippen LogP contribution in [0.15, 0.2) is 36.4 Å². The van der Waals surface area contributed by atoms with Crippen LogP contribution in [0.3, 0.4) is 0 Å². The third-order valence-electron chi connectivity index (χ3n) is 3.10. The van der Waals surface area contributed by atoms with Crippen molar-refractivity contribution in [3.63, 3.8) is 0 Å². The minimum atomic E-state index is -0.404. The fourth-order valence-corrected chi connectivity index (χ4v) is 2.01. The molecule has 0 unspecified atom stereocenters. The number of benzene rings is 2. The molecule has 0 heterocycles. The first kappa shape index (κ1) is 13.3. The molecule has 0 spiro atoms. The van der Waals surface area contributed by atoms with Gasteiger partial charge in [0.25, 0.3) is 0 Å². The molecule has 0 saturated heterocycles. The van der Waals surface area contributed by atoms with E-state index in [2.05, 4.69) is 0 Å². The summed E-state index contributed by atoms with van der Waals surface area (Å²) >= 11 is 0. The van der Waals surface area contributed by atoms with Crippen molar-refractivity contribution in [2.75, 3.05) is 7.11 Å². The monoisotopic (exact) mass is 258 g/mol. The van der Waals surface area contributed by atoms with Crippen LogP contribution in [0, 0.1) is 19.7 Å². The highest BCUT2D eigenvalue weighted by Gasteiger charge is 2.13. The number of methoxy groups -OCH3 is 1. The summed E-state index contributed by atoms with van der Waals surface area (Å²) in [5.41, 5.74) is 2.57. The Morgan fingerprint density at radius 1 is 1.05 bits per heavy atom. The molecule has 2 aromatic rings. The summed E-state index contributed by atoms with van der Waals surface area (Å²) in [6.07, 6.45) is 0. The molecule has 0 fully saturated rings. The van der Waals surface area contributed by atoms with Gasteiger partial charge in [-0.2, -0.15) is 0 Å². The van der Waals surface area contributed by atoms with Crippen LogP contribution in [-0.2, 0) is 0 Å². The highest BCUT2D eigenvalue weighted by molar-refractivity contribution is 6.10. The average Bonchev–Trinajstić information content (AvgIpc) is 2.40. The van der Waals surface area contributed by atoms with E-state index >= 15 is 0 Å². The van der Waals surface area contributed by atoms with Crippen molar-refractivity contribution in [1.29, 1.82) is 0 Å². The quantitative estimate of drug-likeness (QED) is 0.785. The van der Waals surface area contributed by atoms with Crippen LogP contribution in [-0.4, -0.2) is 12.9 Å². The number of aryl methyl sites for hydroxylation is 2. The molecule has 0 N–H and O–H groups in total. The molecule has 0 bridgehead atoms. The minimum Gasteiger partial charge on any atom is -0.496 e. The molecule has 0 atom stereocenters. The van der Waals surface area contributed by atoms with Crippen molar-refractivity contribution in [3.8, 4) is 5.75 Å². The molecular weight excluding hydrogens is 243 g/mol. The fraction of sp³-hybridized carbons (Fsp3) is 0.188. The van der Waals surface area contributed by atoms with E-state index in [9.17, 15) is 9.18 Å². The van der Waals surface area contributed by atoms with E-state index in [0.717, 1.165) is 16.9 Å². The number of hydrogen-bond donors (Lipinski definition) is 0. The topological polar surface area (TPSA) is 26.3 Å². The van der Waals surface area contributed by atoms with Gasteiger partial charge < -0.3 is 4.74 Å². The maximum atomic E-state index is 13.2. The summed E-state index contributed by atoms with van der Waals surface area (Å²) in [6, 6.07) is 9.43. The third-order valence-corrected chi connectivity index (χ3v) is 3.10. The Hall–Kier alpha value is -2.16. The van der Waals surface area contributed by atoms with E-state index < -0.39 is 5.82 Å². The zero-order valence-corrected chi connectivity index (χ0v) is 11.2. The summed E-state index contributed by atoms with van der Waals surface area (Å²) < 4.78 is 18.4. The highest BCUT2D eigenvalue weighted by atomic mass is 19.1. The van der Waals surface area contributed by atoms with Gasteiger partial charge in [-0.3, -0.25) is 4.79 Å². The standard InChI is InChI=1S/C16H15FO2/c1-10-4-6-13(17)9-14(10)16(18)12-5-7-15(19-3)11(2)8-12/h4-9H,1-3H3. The third kappa shape index (κ3) is 2.65. The second-order valence-electron chi connectivity index (χ2n) is 4.47. The largest absolute Gasteiger partial charge is 0.496 e.